The number of nitriles is 1. The molecule has 0 radical (unpaired) electrons. The number of nitrogens with one attached hydrogen (secondary N) is 2. The van der Waals surface area contributed by atoms with Gasteiger partial charge >= 0.3 is 0 Å². The first kappa shape index (κ1) is 25.2. The Bertz CT molecular complexity index is 1390. The van der Waals surface area contributed by atoms with Gasteiger partial charge in [0.1, 0.15) is 5.82 Å². The fourth-order valence-corrected chi connectivity index (χ4v) is 4.08. The molecular formula is C26H25ClN4O2S. The van der Waals surface area contributed by atoms with Crippen LogP contribution >= 0.6 is 12.4 Å². The van der Waals surface area contributed by atoms with E-state index >= 15 is 0 Å². The van der Waals surface area contributed by atoms with Crippen LogP contribution in [-0.2, 0) is 29.4 Å². The van der Waals surface area contributed by atoms with E-state index in [0.29, 0.717) is 12.0 Å². The van der Waals surface area contributed by atoms with Gasteiger partial charge in [-0.2, -0.15) is 5.26 Å². The first-order chi connectivity index (χ1) is 15.9. The number of aromatic amines is 1. The largest absolute Gasteiger partial charge is 0.345 e. The average molecular weight is 493 g/mol. The molecular weight excluding hydrogens is 468 g/mol. The van der Waals surface area contributed by atoms with Gasteiger partial charge in [-0.3, -0.25) is 0 Å². The molecule has 1 heterocycles. The average Bonchev–Trinajstić information content (AvgIpc) is 3.25. The highest BCUT2D eigenvalue weighted by molar-refractivity contribution is 7.88. The minimum absolute atomic E-state index is 0. The van der Waals surface area contributed by atoms with Crippen molar-refractivity contribution in [3.63, 3.8) is 0 Å². The van der Waals surface area contributed by atoms with Gasteiger partial charge in [-0.25, -0.2) is 18.1 Å². The smallest absolute Gasteiger partial charge is 0.209 e. The zero-order valence-corrected chi connectivity index (χ0v) is 20.3. The highest BCUT2D eigenvalue weighted by Crippen LogP contribution is 2.25. The zero-order chi connectivity index (χ0) is 23.3. The summed E-state index contributed by atoms with van der Waals surface area (Å²) in [5, 5.41) is 8.92. The Kier molecular flexibility index (Phi) is 8.24. The van der Waals surface area contributed by atoms with E-state index in [4.69, 9.17) is 5.26 Å². The molecule has 0 aliphatic carbocycles. The van der Waals surface area contributed by atoms with E-state index in [0.717, 1.165) is 52.0 Å². The Labute approximate surface area is 206 Å². The molecule has 4 rings (SSSR count). The normalized spacial score (nSPS) is 10.9. The molecule has 2 N–H and O–H groups in total. The summed E-state index contributed by atoms with van der Waals surface area (Å²) in [6.07, 6.45) is 4.43. The lowest BCUT2D eigenvalue weighted by atomic mass is 9.98. The van der Waals surface area contributed by atoms with Gasteiger partial charge in [-0.1, -0.05) is 60.7 Å². The van der Waals surface area contributed by atoms with Crippen molar-refractivity contribution in [2.75, 3.05) is 6.26 Å². The van der Waals surface area contributed by atoms with Gasteiger partial charge in [0.05, 0.1) is 17.9 Å². The summed E-state index contributed by atoms with van der Waals surface area (Å²) in [6, 6.07) is 25.7. The fraction of sp³-hybridized carbons (Fsp3) is 0.154. The van der Waals surface area contributed by atoms with E-state index < -0.39 is 10.0 Å². The molecule has 4 aromatic rings. The number of benzene rings is 3. The predicted octanol–water partition coefficient (Wildman–Crippen LogP) is 4.60. The fourth-order valence-electron chi connectivity index (χ4n) is 3.66. The molecule has 34 heavy (non-hydrogen) atoms. The van der Waals surface area contributed by atoms with E-state index in [1.165, 1.54) is 0 Å². The highest BCUT2D eigenvalue weighted by Gasteiger charge is 2.09. The maximum atomic E-state index is 11.5. The molecule has 0 saturated heterocycles. The van der Waals surface area contributed by atoms with Crippen molar-refractivity contribution >= 4 is 22.4 Å². The highest BCUT2D eigenvalue weighted by atomic mass is 35.5. The standard InChI is InChI=1S/C26H24N4O2S.ClH/c1-33(31,32)29-17-23-4-2-3-5-25(23)22-12-10-20(11-13-22)15-26-28-18-24(30-26)14-19-6-8-21(16-27)9-7-19;/h2-13,18,29H,14-15,17H2,1H3,(H,28,30);1H. The first-order valence-corrected chi connectivity index (χ1v) is 12.4. The van der Waals surface area contributed by atoms with Crippen molar-refractivity contribution < 1.29 is 8.42 Å². The van der Waals surface area contributed by atoms with Gasteiger partial charge < -0.3 is 4.98 Å². The minimum atomic E-state index is -3.26. The number of hydrogen-bond acceptors (Lipinski definition) is 4. The summed E-state index contributed by atoms with van der Waals surface area (Å²) in [7, 11) is -3.26. The third-order valence-electron chi connectivity index (χ3n) is 5.34. The number of imidazole rings is 1. The molecule has 1 aromatic heterocycles. The van der Waals surface area contributed by atoms with Gasteiger partial charge in [-0.15, -0.1) is 12.4 Å². The summed E-state index contributed by atoms with van der Waals surface area (Å²) in [6.45, 7) is 0.255. The van der Waals surface area contributed by atoms with Crippen LogP contribution < -0.4 is 4.72 Å². The molecule has 0 fully saturated rings. The maximum absolute atomic E-state index is 11.5. The lowest BCUT2D eigenvalue weighted by Crippen LogP contribution is -2.21. The van der Waals surface area contributed by atoms with Crippen molar-refractivity contribution in [3.8, 4) is 17.2 Å². The predicted molar refractivity (Wildman–Crippen MR) is 136 cm³/mol. The molecule has 0 unspecified atom stereocenters. The first-order valence-electron chi connectivity index (χ1n) is 10.5. The van der Waals surface area contributed by atoms with Gasteiger partial charge in [0.15, 0.2) is 0 Å². The van der Waals surface area contributed by atoms with Crippen LogP contribution in [0.5, 0.6) is 0 Å². The summed E-state index contributed by atoms with van der Waals surface area (Å²) in [4.78, 5) is 7.89. The lowest BCUT2D eigenvalue weighted by molar-refractivity contribution is 0.587. The topological polar surface area (TPSA) is 98.6 Å². The molecule has 0 atom stereocenters. The van der Waals surface area contributed by atoms with Gasteiger partial charge in [0.25, 0.3) is 0 Å². The third kappa shape index (κ3) is 6.78. The Morgan fingerprint density at radius 3 is 2.26 bits per heavy atom. The van der Waals surface area contributed by atoms with Crippen LogP contribution in [0.1, 0.15) is 33.8 Å². The van der Waals surface area contributed by atoms with Gasteiger partial charge in [0.2, 0.25) is 10.0 Å². The van der Waals surface area contributed by atoms with Crippen molar-refractivity contribution in [1.82, 2.24) is 14.7 Å². The van der Waals surface area contributed by atoms with Gasteiger partial charge in [-0.05, 0) is 39.9 Å². The second kappa shape index (κ2) is 11.1. The molecule has 0 bridgehead atoms. The number of halogens is 1. The van der Waals surface area contributed by atoms with Crippen LogP contribution in [0, 0.1) is 11.3 Å². The Hall–Kier alpha value is -3.44. The van der Waals surface area contributed by atoms with Crippen molar-refractivity contribution in [3.05, 3.63) is 113 Å². The summed E-state index contributed by atoms with van der Waals surface area (Å²) < 4.78 is 25.5. The van der Waals surface area contributed by atoms with Crippen LogP contribution in [0.2, 0.25) is 0 Å². The molecule has 174 valence electrons. The molecule has 8 heteroatoms. The van der Waals surface area contributed by atoms with Crippen LogP contribution in [0.15, 0.2) is 79.0 Å². The van der Waals surface area contributed by atoms with E-state index in [1.807, 2.05) is 54.7 Å². The number of rotatable bonds is 8. The Balaban J connectivity index is 0.00000324. The Morgan fingerprint density at radius 1 is 0.941 bits per heavy atom. The molecule has 0 spiro atoms. The van der Waals surface area contributed by atoms with Crippen molar-refractivity contribution in [1.29, 1.82) is 5.26 Å². The molecule has 3 aromatic carbocycles. The second-order valence-electron chi connectivity index (χ2n) is 7.96. The molecule has 0 amide bonds. The number of sulfonamides is 1. The number of H-pyrrole nitrogens is 1. The van der Waals surface area contributed by atoms with Crippen molar-refractivity contribution in [2.45, 2.75) is 19.4 Å². The maximum Gasteiger partial charge on any atom is 0.209 e. The van der Waals surface area contributed by atoms with Crippen molar-refractivity contribution in [2.24, 2.45) is 0 Å². The van der Waals surface area contributed by atoms with E-state index in [-0.39, 0.29) is 19.0 Å². The second-order valence-corrected chi connectivity index (χ2v) is 9.80. The number of aromatic nitrogens is 2. The summed E-state index contributed by atoms with van der Waals surface area (Å²) >= 11 is 0. The SMILES string of the molecule is CS(=O)(=O)NCc1ccccc1-c1ccc(Cc2ncc(Cc3ccc(C#N)cc3)[nH]2)cc1.Cl. The molecule has 0 aliphatic heterocycles. The Morgan fingerprint density at radius 2 is 1.59 bits per heavy atom. The van der Waals surface area contributed by atoms with Crippen LogP contribution in [-0.4, -0.2) is 24.6 Å². The molecule has 0 saturated carbocycles. The molecule has 0 aliphatic rings. The quantitative estimate of drug-likeness (QED) is 0.375. The number of hydrogen-bond donors (Lipinski definition) is 2. The lowest BCUT2D eigenvalue weighted by Gasteiger charge is -2.11. The molecule has 6 nitrogen and oxygen atoms in total. The van der Waals surface area contributed by atoms with Gasteiger partial charge in [0, 0.05) is 31.3 Å². The van der Waals surface area contributed by atoms with E-state index in [1.54, 1.807) is 0 Å². The summed E-state index contributed by atoms with van der Waals surface area (Å²) in [5.41, 5.74) is 6.89. The van der Waals surface area contributed by atoms with E-state index in [9.17, 15) is 8.42 Å². The van der Waals surface area contributed by atoms with Crippen LogP contribution in [0.25, 0.3) is 11.1 Å². The van der Waals surface area contributed by atoms with Crippen LogP contribution in [0.4, 0.5) is 0 Å². The monoisotopic (exact) mass is 492 g/mol. The number of nitrogens with zero attached hydrogens (tertiary/aromatic N) is 2. The minimum Gasteiger partial charge on any atom is -0.345 e. The van der Waals surface area contributed by atoms with Crippen LogP contribution in [0.3, 0.4) is 0 Å². The summed E-state index contributed by atoms with van der Waals surface area (Å²) in [5.74, 6) is 0.893. The third-order valence-corrected chi connectivity index (χ3v) is 6.01. The zero-order valence-electron chi connectivity index (χ0n) is 18.7. The van der Waals surface area contributed by atoms with E-state index in [2.05, 4.69) is 45.0 Å².